The maximum atomic E-state index is 12.7. The molecule has 1 fully saturated rings. The van der Waals surface area contributed by atoms with Gasteiger partial charge in [-0.15, -0.1) is 0 Å². The van der Waals surface area contributed by atoms with Crippen LogP contribution in [0.5, 0.6) is 5.88 Å². The van der Waals surface area contributed by atoms with E-state index >= 15 is 0 Å². The SMILES string of the molecule is O=C(c1cccc(OCC(F)F)n1)N1CCC(O)(C(F)(F)F)C1. The molecule has 1 atom stereocenters. The summed E-state index contributed by atoms with van der Waals surface area (Å²) in [6, 6.07) is 3.78. The Hall–Kier alpha value is -1.97. The Morgan fingerprint density at radius 1 is 1.43 bits per heavy atom. The average molecular weight is 340 g/mol. The second-order valence-electron chi connectivity index (χ2n) is 5.07. The predicted molar refractivity (Wildman–Crippen MR) is 67.3 cm³/mol. The smallest absolute Gasteiger partial charge is 0.419 e. The molecule has 0 radical (unpaired) electrons. The molecule has 2 heterocycles. The van der Waals surface area contributed by atoms with Gasteiger partial charge >= 0.3 is 6.18 Å². The molecule has 1 aromatic heterocycles. The van der Waals surface area contributed by atoms with Crippen LogP contribution in [0, 0.1) is 0 Å². The van der Waals surface area contributed by atoms with Gasteiger partial charge in [0.05, 0.1) is 6.54 Å². The Labute approximate surface area is 127 Å². The normalized spacial score (nSPS) is 21.8. The number of halogens is 5. The van der Waals surface area contributed by atoms with Gasteiger partial charge in [-0.3, -0.25) is 4.79 Å². The third-order valence-corrected chi connectivity index (χ3v) is 3.36. The maximum absolute atomic E-state index is 12.7. The van der Waals surface area contributed by atoms with Gasteiger partial charge in [0.15, 0.2) is 12.2 Å². The summed E-state index contributed by atoms with van der Waals surface area (Å²) < 4.78 is 67.0. The van der Waals surface area contributed by atoms with Crippen molar-refractivity contribution in [2.24, 2.45) is 0 Å². The van der Waals surface area contributed by atoms with Crippen LogP contribution in [0.3, 0.4) is 0 Å². The molecule has 0 saturated carbocycles. The Bertz CT molecular complexity index is 581. The van der Waals surface area contributed by atoms with Crippen LogP contribution < -0.4 is 4.74 Å². The summed E-state index contributed by atoms with van der Waals surface area (Å²) in [4.78, 5) is 16.6. The molecular weight excluding hydrogens is 327 g/mol. The largest absolute Gasteiger partial charge is 0.472 e. The highest BCUT2D eigenvalue weighted by atomic mass is 19.4. The van der Waals surface area contributed by atoms with Gasteiger partial charge in [0.2, 0.25) is 5.88 Å². The third-order valence-electron chi connectivity index (χ3n) is 3.36. The lowest BCUT2D eigenvalue weighted by atomic mass is 10.0. The van der Waals surface area contributed by atoms with Crippen LogP contribution in [0.25, 0.3) is 0 Å². The van der Waals surface area contributed by atoms with Crippen LogP contribution >= 0.6 is 0 Å². The lowest BCUT2D eigenvalue weighted by Gasteiger charge is -2.25. The zero-order valence-corrected chi connectivity index (χ0v) is 11.7. The first-order valence-electron chi connectivity index (χ1n) is 6.59. The number of hydrogen-bond acceptors (Lipinski definition) is 4. The van der Waals surface area contributed by atoms with Crippen LogP contribution in [0.1, 0.15) is 16.9 Å². The average Bonchev–Trinajstić information content (AvgIpc) is 2.88. The summed E-state index contributed by atoms with van der Waals surface area (Å²) in [5.41, 5.74) is -3.20. The monoisotopic (exact) mass is 340 g/mol. The molecule has 0 bridgehead atoms. The van der Waals surface area contributed by atoms with E-state index < -0.39 is 43.7 Å². The maximum Gasteiger partial charge on any atom is 0.419 e. The van der Waals surface area contributed by atoms with Crippen LogP contribution in [-0.4, -0.2) is 58.8 Å². The van der Waals surface area contributed by atoms with E-state index in [1.54, 1.807) is 0 Å². The van der Waals surface area contributed by atoms with Crippen molar-refractivity contribution >= 4 is 5.91 Å². The fourth-order valence-electron chi connectivity index (χ4n) is 2.12. The molecule has 1 aromatic rings. The topological polar surface area (TPSA) is 62.7 Å². The number of carbonyl (C=O) groups excluding carboxylic acids is 1. The van der Waals surface area contributed by atoms with Crippen molar-refractivity contribution in [3.8, 4) is 5.88 Å². The minimum atomic E-state index is -4.85. The Kier molecular flexibility index (Phi) is 4.73. The Morgan fingerprint density at radius 3 is 2.70 bits per heavy atom. The van der Waals surface area contributed by atoms with Crippen molar-refractivity contribution in [1.82, 2.24) is 9.88 Å². The predicted octanol–water partition coefficient (Wildman–Crippen LogP) is 1.86. The van der Waals surface area contributed by atoms with Gasteiger partial charge in [-0.25, -0.2) is 13.8 Å². The standard InChI is InChI=1S/C13H13F5N2O3/c14-9(15)6-23-10-3-1-2-8(19-10)11(21)20-5-4-12(22,7-20)13(16,17)18/h1-3,9,22H,4-7H2. The number of alkyl halides is 5. The number of pyridine rings is 1. The van der Waals surface area contributed by atoms with Crippen molar-refractivity contribution < 1.29 is 36.6 Å². The number of likely N-dealkylation sites (tertiary alicyclic amines) is 1. The molecular formula is C13H13F5N2O3. The molecule has 1 aliphatic rings. The molecule has 0 spiro atoms. The molecule has 1 saturated heterocycles. The number of nitrogens with zero attached hydrogens (tertiary/aromatic N) is 2. The highest BCUT2D eigenvalue weighted by Crippen LogP contribution is 2.37. The number of aromatic nitrogens is 1. The van der Waals surface area contributed by atoms with E-state index in [1.165, 1.54) is 18.2 Å². The molecule has 0 aliphatic carbocycles. The summed E-state index contributed by atoms with van der Waals surface area (Å²) in [6.07, 6.45) is -8.21. The zero-order chi connectivity index (χ0) is 17.3. The van der Waals surface area contributed by atoms with Crippen molar-refractivity contribution in [2.75, 3.05) is 19.7 Å². The van der Waals surface area contributed by atoms with Gasteiger partial charge in [0, 0.05) is 19.0 Å². The first-order valence-corrected chi connectivity index (χ1v) is 6.59. The highest BCUT2D eigenvalue weighted by Gasteiger charge is 2.57. The van der Waals surface area contributed by atoms with Crippen LogP contribution in [0.4, 0.5) is 22.0 Å². The first kappa shape index (κ1) is 17.4. The summed E-state index contributed by atoms with van der Waals surface area (Å²) in [7, 11) is 0. The number of aliphatic hydroxyl groups is 1. The molecule has 1 unspecified atom stereocenters. The Balaban J connectivity index is 2.08. The Morgan fingerprint density at radius 2 is 2.13 bits per heavy atom. The molecule has 0 aromatic carbocycles. The van der Waals surface area contributed by atoms with E-state index in [0.717, 1.165) is 4.90 Å². The first-order chi connectivity index (χ1) is 10.6. The summed E-state index contributed by atoms with van der Waals surface area (Å²) in [5.74, 6) is -1.07. The minimum absolute atomic E-state index is 0.235. The summed E-state index contributed by atoms with van der Waals surface area (Å²) in [6.45, 7) is -2.11. The van der Waals surface area contributed by atoms with Gasteiger partial charge in [-0.2, -0.15) is 13.2 Å². The lowest BCUT2D eigenvalue weighted by Crippen LogP contribution is -2.48. The van der Waals surface area contributed by atoms with E-state index in [1.807, 2.05) is 0 Å². The van der Waals surface area contributed by atoms with Crippen LogP contribution in [0.2, 0.25) is 0 Å². The quantitative estimate of drug-likeness (QED) is 0.850. The van der Waals surface area contributed by atoms with Crippen molar-refractivity contribution in [1.29, 1.82) is 0 Å². The van der Waals surface area contributed by atoms with Gasteiger partial charge in [0.1, 0.15) is 5.69 Å². The van der Waals surface area contributed by atoms with Gasteiger partial charge in [0.25, 0.3) is 12.3 Å². The molecule has 5 nitrogen and oxygen atoms in total. The molecule has 1 N–H and O–H groups in total. The molecule has 1 amide bonds. The van der Waals surface area contributed by atoms with Gasteiger partial charge < -0.3 is 14.7 Å². The molecule has 10 heteroatoms. The molecule has 23 heavy (non-hydrogen) atoms. The lowest BCUT2D eigenvalue weighted by molar-refractivity contribution is -0.253. The van der Waals surface area contributed by atoms with E-state index in [2.05, 4.69) is 9.72 Å². The van der Waals surface area contributed by atoms with Crippen LogP contribution in [-0.2, 0) is 0 Å². The highest BCUT2D eigenvalue weighted by molar-refractivity contribution is 5.92. The summed E-state index contributed by atoms with van der Waals surface area (Å²) in [5, 5.41) is 9.55. The number of β-amino-alcohol motifs (C(OH)–C–C–N with tert-alkyl or cyclic N) is 1. The molecule has 2 rings (SSSR count). The second kappa shape index (κ2) is 6.26. The number of ether oxygens (including phenoxy) is 1. The second-order valence-corrected chi connectivity index (χ2v) is 5.07. The number of amides is 1. The van der Waals surface area contributed by atoms with E-state index in [-0.39, 0.29) is 18.1 Å². The number of carbonyl (C=O) groups is 1. The van der Waals surface area contributed by atoms with Crippen molar-refractivity contribution in [2.45, 2.75) is 24.6 Å². The molecule has 128 valence electrons. The minimum Gasteiger partial charge on any atom is -0.472 e. The van der Waals surface area contributed by atoms with Crippen LogP contribution in [0.15, 0.2) is 18.2 Å². The van der Waals surface area contributed by atoms with Crippen molar-refractivity contribution in [3.05, 3.63) is 23.9 Å². The van der Waals surface area contributed by atoms with E-state index in [4.69, 9.17) is 0 Å². The van der Waals surface area contributed by atoms with Crippen molar-refractivity contribution in [3.63, 3.8) is 0 Å². The third kappa shape index (κ3) is 3.87. The fourth-order valence-corrected chi connectivity index (χ4v) is 2.12. The number of rotatable bonds is 4. The van der Waals surface area contributed by atoms with E-state index in [0.29, 0.717) is 0 Å². The van der Waals surface area contributed by atoms with E-state index in [9.17, 15) is 31.9 Å². The van der Waals surface area contributed by atoms with Gasteiger partial charge in [-0.05, 0) is 6.07 Å². The number of hydrogen-bond donors (Lipinski definition) is 1. The van der Waals surface area contributed by atoms with Gasteiger partial charge in [-0.1, -0.05) is 6.07 Å². The fraction of sp³-hybridized carbons (Fsp3) is 0.538. The molecule has 1 aliphatic heterocycles. The zero-order valence-electron chi connectivity index (χ0n) is 11.7. The summed E-state index contributed by atoms with van der Waals surface area (Å²) >= 11 is 0.